The number of hydrogen-bond donors (Lipinski definition) is 2. The van der Waals surface area contributed by atoms with E-state index < -0.39 is 29.4 Å². The maximum absolute atomic E-state index is 14.6. The van der Waals surface area contributed by atoms with E-state index in [1.54, 1.807) is 19.1 Å². The van der Waals surface area contributed by atoms with Crippen LogP contribution in [0, 0.1) is 12.7 Å². The van der Waals surface area contributed by atoms with Crippen molar-refractivity contribution in [2.24, 2.45) is 0 Å². The number of benzene rings is 2. The van der Waals surface area contributed by atoms with Gasteiger partial charge in [0.15, 0.2) is 0 Å². The Hall–Kier alpha value is -3.71. The van der Waals surface area contributed by atoms with Crippen LogP contribution in [0.15, 0.2) is 34.9 Å². The molecule has 3 aromatic rings. The zero-order valence-corrected chi connectivity index (χ0v) is 20.4. The van der Waals surface area contributed by atoms with Gasteiger partial charge >= 0.3 is 18.1 Å². The van der Waals surface area contributed by atoms with Crippen LogP contribution in [0.4, 0.5) is 17.6 Å². The topological polar surface area (TPSA) is 138 Å². The lowest BCUT2D eigenvalue weighted by molar-refractivity contribution is -0.176. The number of carbonyl (C=O) groups excluding carboxylic acids is 1. The minimum absolute atomic E-state index is 0.0458. The van der Waals surface area contributed by atoms with Gasteiger partial charge in [-0.3, -0.25) is 4.79 Å². The molecule has 14 heteroatoms. The van der Waals surface area contributed by atoms with Gasteiger partial charge in [0.2, 0.25) is 11.7 Å². The summed E-state index contributed by atoms with van der Waals surface area (Å²) in [6.07, 6.45) is -4.27. The highest BCUT2D eigenvalue weighted by Gasteiger charge is 2.55. The van der Waals surface area contributed by atoms with E-state index in [0.717, 1.165) is 5.56 Å². The van der Waals surface area contributed by atoms with Crippen LogP contribution in [-0.4, -0.2) is 45.4 Å². The molecule has 1 fully saturated rings. The van der Waals surface area contributed by atoms with Crippen molar-refractivity contribution < 1.29 is 41.5 Å². The highest BCUT2D eigenvalue weighted by atomic mass is 35.5. The molecule has 1 saturated carbocycles. The summed E-state index contributed by atoms with van der Waals surface area (Å²) >= 11 is 6.07. The van der Waals surface area contributed by atoms with Crippen LogP contribution in [-0.2, 0) is 9.59 Å². The first-order valence-corrected chi connectivity index (χ1v) is 11.6. The van der Waals surface area contributed by atoms with Gasteiger partial charge in [-0.05, 0) is 54.2 Å². The third kappa shape index (κ3) is 5.73. The fraction of sp³-hybridized carbons (Fsp3) is 0.333. The fourth-order valence-electron chi connectivity index (χ4n) is 3.79. The van der Waals surface area contributed by atoms with Crippen molar-refractivity contribution in [1.29, 1.82) is 0 Å². The van der Waals surface area contributed by atoms with E-state index in [1.807, 2.05) is 12.1 Å². The van der Waals surface area contributed by atoms with Crippen LogP contribution in [0.25, 0.3) is 28.2 Å². The van der Waals surface area contributed by atoms with E-state index in [9.17, 15) is 27.2 Å². The van der Waals surface area contributed by atoms with Crippen LogP contribution in [0.5, 0.6) is 5.75 Å². The zero-order chi connectivity index (χ0) is 27.8. The summed E-state index contributed by atoms with van der Waals surface area (Å²) in [6.45, 7) is 2.14. The number of carboxylic acids is 1. The number of hydrogen-bond acceptors (Lipinski definition) is 6. The lowest BCUT2D eigenvalue weighted by atomic mass is 9.94. The largest absolute Gasteiger partial charge is 0.671 e. The van der Waals surface area contributed by atoms with Crippen molar-refractivity contribution in [1.82, 2.24) is 15.5 Å². The van der Waals surface area contributed by atoms with Gasteiger partial charge in [0.25, 0.3) is 0 Å². The van der Waals surface area contributed by atoms with Crippen molar-refractivity contribution in [2.75, 3.05) is 6.61 Å². The van der Waals surface area contributed by atoms with E-state index >= 15 is 0 Å². The van der Waals surface area contributed by atoms with Crippen LogP contribution < -0.4 is 10.1 Å². The van der Waals surface area contributed by atoms with Crippen LogP contribution in [0.3, 0.4) is 0 Å². The van der Waals surface area contributed by atoms with Crippen molar-refractivity contribution in [2.45, 2.75) is 43.9 Å². The molecule has 2 aliphatic rings. The smallest absolute Gasteiger partial charge is 0.471 e. The number of halogens is 5. The Kier molecular flexibility index (Phi) is 7.35. The standard InChI is InChI=1S/C18H14ClFN3O2.C6H6F3NO3/c1-9-22-18(23-25-9)17-13(7-11(19)8-14(17)20)10-2-3-12-15(21)4-5-24-16(12)6-10;7-6(8,9)3(11)10-5(1-2-5)4(12)13/h2-3,6-8,15,21H,4-5H2,1H3;1-2H2,(H,10,11)(H,12,13)/q-1;. The second kappa shape index (κ2) is 10.2. The van der Waals surface area contributed by atoms with Crippen molar-refractivity contribution in [3.8, 4) is 28.3 Å². The number of fused-ring (bicyclic) bond motifs is 1. The highest BCUT2D eigenvalue weighted by molar-refractivity contribution is 6.31. The number of nitrogens with zero attached hydrogens (tertiary/aromatic N) is 2. The Morgan fingerprint density at radius 2 is 1.95 bits per heavy atom. The Labute approximate surface area is 217 Å². The number of aliphatic carboxylic acids is 1. The number of carbonyl (C=O) groups is 2. The number of alkyl halides is 3. The average Bonchev–Trinajstić information content (AvgIpc) is 3.50. The molecule has 2 aromatic carbocycles. The van der Waals surface area contributed by atoms with Gasteiger partial charge in [0, 0.05) is 11.9 Å². The summed E-state index contributed by atoms with van der Waals surface area (Å²) in [5, 5.41) is 14.0. The van der Waals surface area contributed by atoms with Gasteiger partial charge < -0.3 is 25.4 Å². The number of rotatable bonds is 4. The van der Waals surface area contributed by atoms with Crippen molar-refractivity contribution in [3.05, 3.63) is 58.4 Å². The third-order valence-corrected chi connectivity index (χ3v) is 6.16. The summed E-state index contributed by atoms with van der Waals surface area (Å²) in [6, 6.07) is 8.04. The number of carboxylic acid groups (broad SMARTS) is 1. The molecule has 0 spiro atoms. The Balaban J connectivity index is 0.000000219. The van der Waals surface area contributed by atoms with E-state index in [4.69, 9.17) is 31.7 Å². The molecule has 5 rings (SSSR count). The quantitative estimate of drug-likeness (QED) is 0.396. The summed E-state index contributed by atoms with van der Waals surface area (Å²) in [4.78, 5) is 24.8. The van der Waals surface area contributed by atoms with Crippen molar-refractivity contribution in [3.63, 3.8) is 0 Å². The molecular weight excluding hydrogens is 536 g/mol. The molecule has 2 heterocycles. The molecular formula is C24H20ClF4N4O5-. The highest BCUT2D eigenvalue weighted by Crippen LogP contribution is 2.41. The molecule has 0 radical (unpaired) electrons. The molecule has 1 unspecified atom stereocenters. The molecule has 38 heavy (non-hydrogen) atoms. The second-order valence-electron chi connectivity index (χ2n) is 8.73. The van der Waals surface area contributed by atoms with Gasteiger partial charge in [-0.2, -0.15) is 18.2 Å². The minimum Gasteiger partial charge on any atom is -0.671 e. The SMILES string of the molecule is Cc1nc(-c2c(F)cc(Cl)cc2-c2ccc3c(c2)OCCC3[NH-])no1.O=C(NC1(C(=O)O)CC1)C(F)(F)F. The van der Waals surface area contributed by atoms with Crippen molar-refractivity contribution >= 4 is 23.5 Å². The molecule has 1 aromatic heterocycles. The van der Waals surface area contributed by atoms with Gasteiger partial charge in [0.1, 0.15) is 17.1 Å². The first-order valence-electron chi connectivity index (χ1n) is 11.2. The van der Waals surface area contributed by atoms with Gasteiger partial charge in [0.05, 0.1) is 12.2 Å². The molecule has 9 nitrogen and oxygen atoms in total. The first-order chi connectivity index (χ1) is 17.8. The summed E-state index contributed by atoms with van der Waals surface area (Å²) < 4.78 is 60.3. The number of aromatic nitrogens is 2. The maximum atomic E-state index is 14.6. The van der Waals surface area contributed by atoms with Gasteiger partial charge in [-0.15, -0.1) is 6.04 Å². The molecule has 1 amide bonds. The van der Waals surface area contributed by atoms with Crippen LogP contribution in [0.1, 0.15) is 36.8 Å². The Bertz CT molecular complexity index is 1390. The lowest BCUT2D eigenvalue weighted by Gasteiger charge is -2.29. The normalized spacial score (nSPS) is 17.4. The van der Waals surface area contributed by atoms with E-state index in [-0.39, 0.29) is 35.3 Å². The monoisotopic (exact) mass is 555 g/mol. The minimum atomic E-state index is -5.02. The van der Waals surface area contributed by atoms with E-state index in [2.05, 4.69) is 10.1 Å². The molecule has 0 bridgehead atoms. The Morgan fingerprint density at radius 3 is 2.53 bits per heavy atom. The predicted molar refractivity (Wildman–Crippen MR) is 126 cm³/mol. The fourth-order valence-corrected chi connectivity index (χ4v) is 4.00. The first kappa shape index (κ1) is 27.3. The third-order valence-electron chi connectivity index (χ3n) is 5.94. The van der Waals surface area contributed by atoms with E-state index in [1.165, 1.54) is 11.4 Å². The van der Waals surface area contributed by atoms with E-state index in [0.29, 0.717) is 35.8 Å². The second-order valence-corrected chi connectivity index (χ2v) is 9.17. The molecule has 1 aliphatic heterocycles. The maximum Gasteiger partial charge on any atom is 0.471 e. The lowest BCUT2D eigenvalue weighted by Crippen LogP contribution is -2.48. The zero-order valence-electron chi connectivity index (χ0n) is 19.7. The number of aryl methyl sites for hydroxylation is 1. The van der Waals surface area contributed by atoms with Gasteiger partial charge in [-0.25, -0.2) is 9.18 Å². The number of nitrogens with one attached hydrogen (secondary N) is 2. The Morgan fingerprint density at radius 1 is 1.24 bits per heavy atom. The number of ether oxygens (including phenoxy) is 1. The molecule has 3 N–H and O–H groups in total. The average molecular weight is 556 g/mol. The predicted octanol–water partition coefficient (Wildman–Crippen LogP) is 5.66. The molecule has 0 saturated heterocycles. The molecule has 1 atom stereocenters. The molecule has 1 aliphatic carbocycles. The molecule has 202 valence electrons. The summed E-state index contributed by atoms with van der Waals surface area (Å²) in [5.74, 6) is -3.00. The van der Waals surface area contributed by atoms with Crippen LogP contribution in [0.2, 0.25) is 5.02 Å². The summed E-state index contributed by atoms with van der Waals surface area (Å²) in [5.41, 5.74) is 8.72. The van der Waals surface area contributed by atoms with Crippen LogP contribution >= 0.6 is 11.6 Å². The van der Waals surface area contributed by atoms with Gasteiger partial charge in [-0.1, -0.05) is 28.9 Å². The summed E-state index contributed by atoms with van der Waals surface area (Å²) in [7, 11) is 0. The number of amides is 1.